The second-order valence-electron chi connectivity index (χ2n) is 7.33. The largest absolute Gasteiger partial charge is 0.481 e. The molecule has 0 spiro atoms. The predicted octanol–water partition coefficient (Wildman–Crippen LogP) is 2.81. The number of piperidine rings is 1. The fourth-order valence-electron chi connectivity index (χ4n) is 3.26. The van der Waals surface area contributed by atoms with Crippen LogP contribution in [0.2, 0.25) is 0 Å². The van der Waals surface area contributed by atoms with Crippen molar-refractivity contribution in [2.45, 2.75) is 71.4 Å². The molecule has 2 heterocycles. The van der Waals surface area contributed by atoms with E-state index >= 15 is 0 Å². The molecule has 6 heteroatoms. The highest BCUT2D eigenvalue weighted by Crippen LogP contribution is 2.24. The van der Waals surface area contributed by atoms with Crippen molar-refractivity contribution in [3.05, 3.63) is 17.5 Å². The molecule has 2 rings (SSSR count). The van der Waals surface area contributed by atoms with Crippen LogP contribution >= 0.6 is 0 Å². The standard InChI is InChI=1S/C17H27N3O3/c1-12-11-14(18-20(12)17(2,3)4)16(23)19-10-6-5-7-13(19)8-9-15(21)22/h11,13H,5-10H2,1-4H3,(H,21,22)/t13-/m1/s1. The van der Waals surface area contributed by atoms with Gasteiger partial charge in [-0.25, -0.2) is 0 Å². The highest BCUT2D eigenvalue weighted by Gasteiger charge is 2.30. The first kappa shape index (κ1) is 17.5. The number of carbonyl (C=O) groups is 2. The summed E-state index contributed by atoms with van der Waals surface area (Å²) in [5.74, 6) is -0.887. The van der Waals surface area contributed by atoms with Gasteiger partial charge in [0.15, 0.2) is 5.69 Å². The van der Waals surface area contributed by atoms with Gasteiger partial charge in [0.25, 0.3) is 5.91 Å². The molecule has 1 saturated heterocycles. The van der Waals surface area contributed by atoms with E-state index in [2.05, 4.69) is 25.9 Å². The Balaban J connectivity index is 2.18. The number of hydrogen-bond donors (Lipinski definition) is 1. The lowest BCUT2D eigenvalue weighted by atomic mass is 9.97. The number of aromatic nitrogens is 2. The summed E-state index contributed by atoms with van der Waals surface area (Å²) in [6.07, 6.45) is 3.50. The van der Waals surface area contributed by atoms with Gasteiger partial charge < -0.3 is 10.0 Å². The number of nitrogens with zero attached hydrogens (tertiary/aromatic N) is 3. The second-order valence-corrected chi connectivity index (χ2v) is 7.33. The number of carbonyl (C=O) groups excluding carboxylic acids is 1. The summed E-state index contributed by atoms with van der Waals surface area (Å²) in [7, 11) is 0. The van der Waals surface area contributed by atoms with Gasteiger partial charge in [-0.15, -0.1) is 0 Å². The molecule has 1 N–H and O–H groups in total. The molecule has 128 valence electrons. The van der Waals surface area contributed by atoms with Crippen molar-refractivity contribution in [3.8, 4) is 0 Å². The Bertz CT molecular complexity index is 586. The zero-order valence-corrected chi connectivity index (χ0v) is 14.5. The lowest BCUT2D eigenvalue weighted by molar-refractivity contribution is -0.137. The van der Waals surface area contributed by atoms with Gasteiger partial charge in [0.05, 0.1) is 5.54 Å². The minimum atomic E-state index is -0.809. The average molecular weight is 321 g/mol. The van der Waals surface area contributed by atoms with Crippen LogP contribution in [0.4, 0.5) is 0 Å². The molecule has 6 nitrogen and oxygen atoms in total. The first-order valence-corrected chi connectivity index (χ1v) is 8.30. The smallest absolute Gasteiger partial charge is 0.303 e. The number of carboxylic acids is 1. The van der Waals surface area contributed by atoms with Gasteiger partial charge in [-0.3, -0.25) is 14.3 Å². The quantitative estimate of drug-likeness (QED) is 0.925. The Kier molecular flexibility index (Phi) is 5.12. The van der Waals surface area contributed by atoms with E-state index in [0.717, 1.165) is 25.0 Å². The maximum Gasteiger partial charge on any atom is 0.303 e. The Morgan fingerprint density at radius 1 is 1.35 bits per heavy atom. The van der Waals surface area contributed by atoms with E-state index in [-0.39, 0.29) is 23.9 Å². The lowest BCUT2D eigenvalue weighted by Gasteiger charge is -2.35. The third-order valence-corrected chi connectivity index (χ3v) is 4.32. The van der Waals surface area contributed by atoms with Gasteiger partial charge in [0, 0.05) is 24.7 Å². The monoisotopic (exact) mass is 321 g/mol. The summed E-state index contributed by atoms with van der Waals surface area (Å²) >= 11 is 0. The van der Waals surface area contributed by atoms with Gasteiger partial charge in [0.2, 0.25) is 0 Å². The van der Waals surface area contributed by atoms with E-state index in [9.17, 15) is 9.59 Å². The highest BCUT2D eigenvalue weighted by atomic mass is 16.4. The van der Waals surface area contributed by atoms with Crippen LogP contribution in [0.3, 0.4) is 0 Å². The van der Waals surface area contributed by atoms with Crippen molar-refractivity contribution in [2.75, 3.05) is 6.54 Å². The number of likely N-dealkylation sites (tertiary alicyclic amines) is 1. The van der Waals surface area contributed by atoms with Gasteiger partial charge in [-0.05, 0) is 59.4 Å². The van der Waals surface area contributed by atoms with E-state index in [1.54, 1.807) is 0 Å². The molecule has 1 aromatic heterocycles. The summed E-state index contributed by atoms with van der Waals surface area (Å²) in [6, 6.07) is 1.84. The van der Waals surface area contributed by atoms with Gasteiger partial charge in [0.1, 0.15) is 0 Å². The average Bonchev–Trinajstić information content (AvgIpc) is 2.86. The van der Waals surface area contributed by atoms with Gasteiger partial charge in [-0.2, -0.15) is 5.10 Å². The van der Waals surface area contributed by atoms with Crippen LogP contribution in [0.1, 0.15) is 69.1 Å². The molecular weight excluding hydrogens is 294 g/mol. The van der Waals surface area contributed by atoms with Crippen LogP contribution in [-0.4, -0.2) is 44.3 Å². The van der Waals surface area contributed by atoms with Crippen molar-refractivity contribution < 1.29 is 14.7 Å². The first-order valence-electron chi connectivity index (χ1n) is 8.30. The molecule has 1 amide bonds. The second kappa shape index (κ2) is 6.72. The third kappa shape index (κ3) is 4.12. The van der Waals surface area contributed by atoms with Crippen molar-refractivity contribution in [1.29, 1.82) is 0 Å². The van der Waals surface area contributed by atoms with E-state index in [0.29, 0.717) is 18.7 Å². The number of aryl methyl sites for hydroxylation is 1. The maximum absolute atomic E-state index is 12.8. The molecule has 1 aromatic rings. The molecule has 0 aliphatic carbocycles. The summed E-state index contributed by atoms with van der Waals surface area (Å²) in [5.41, 5.74) is 1.24. The molecule has 0 saturated carbocycles. The first-order chi connectivity index (χ1) is 10.7. The zero-order chi connectivity index (χ0) is 17.2. The van der Waals surface area contributed by atoms with E-state index in [1.165, 1.54) is 0 Å². The molecule has 1 aliphatic rings. The minimum Gasteiger partial charge on any atom is -0.481 e. The molecule has 1 aliphatic heterocycles. The highest BCUT2D eigenvalue weighted by molar-refractivity contribution is 5.92. The van der Waals surface area contributed by atoms with E-state index in [1.807, 2.05) is 22.6 Å². The number of amides is 1. The van der Waals surface area contributed by atoms with Crippen molar-refractivity contribution in [1.82, 2.24) is 14.7 Å². The van der Waals surface area contributed by atoms with Gasteiger partial charge in [-0.1, -0.05) is 0 Å². The molecule has 0 aromatic carbocycles. The van der Waals surface area contributed by atoms with Crippen molar-refractivity contribution in [3.63, 3.8) is 0 Å². The topological polar surface area (TPSA) is 75.4 Å². The molecule has 23 heavy (non-hydrogen) atoms. The van der Waals surface area contributed by atoms with Gasteiger partial charge >= 0.3 is 5.97 Å². The van der Waals surface area contributed by atoms with Crippen LogP contribution < -0.4 is 0 Å². The Morgan fingerprint density at radius 3 is 2.61 bits per heavy atom. The van der Waals surface area contributed by atoms with Crippen LogP contribution in [-0.2, 0) is 10.3 Å². The van der Waals surface area contributed by atoms with Crippen molar-refractivity contribution in [2.24, 2.45) is 0 Å². The fourth-order valence-corrected chi connectivity index (χ4v) is 3.26. The number of aliphatic carboxylic acids is 1. The van der Waals surface area contributed by atoms with Crippen LogP contribution in [0.15, 0.2) is 6.07 Å². The number of hydrogen-bond acceptors (Lipinski definition) is 3. The fraction of sp³-hybridized carbons (Fsp3) is 0.706. The van der Waals surface area contributed by atoms with Crippen LogP contribution in [0.5, 0.6) is 0 Å². The summed E-state index contributed by atoms with van der Waals surface area (Å²) < 4.78 is 1.87. The van der Waals surface area contributed by atoms with Crippen LogP contribution in [0, 0.1) is 6.92 Å². The lowest BCUT2D eigenvalue weighted by Crippen LogP contribution is -2.44. The normalized spacial score (nSPS) is 19.0. The third-order valence-electron chi connectivity index (χ3n) is 4.32. The van der Waals surface area contributed by atoms with Crippen LogP contribution in [0.25, 0.3) is 0 Å². The van der Waals surface area contributed by atoms with E-state index < -0.39 is 5.97 Å². The SMILES string of the molecule is Cc1cc(C(=O)N2CCCC[C@@H]2CCC(=O)O)nn1C(C)(C)C. The molecule has 0 radical (unpaired) electrons. The predicted molar refractivity (Wildman–Crippen MR) is 87.5 cm³/mol. The van der Waals surface area contributed by atoms with E-state index in [4.69, 9.17) is 5.11 Å². The zero-order valence-electron chi connectivity index (χ0n) is 14.5. The molecule has 0 bridgehead atoms. The summed E-state index contributed by atoms with van der Waals surface area (Å²) in [4.78, 5) is 25.5. The maximum atomic E-state index is 12.8. The summed E-state index contributed by atoms with van der Waals surface area (Å²) in [5, 5.41) is 13.4. The molecule has 0 unspecified atom stereocenters. The molecule has 1 atom stereocenters. The summed E-state index contributed by atoms with van der Waals surface area (Å²) in [6.45, 7) is 8.80. The number of rotatable bonds is 4. The Hall–Kier alpha value is -1.85. The minimum absolute atomic E-state index is 0.00689. The Labute approximate surface area is 137 Å². The molecular formula is C17H27N3O3. The molecule has 1 fully saturated rings. The Morgan fingerprint density at radius 2 is 2.04 bits per heavy atom. The van der Waals surface area contributed by atoms with Crippen molar-refractivity contribution >= 4 is 11.9 Å². The number of carboxylic acid groups (broad SMARTS) is 1.